The van der Waals surface area contributed by atoms with E-state index >= 15 is 0 Å². The molecular weight excluding hydrogens is 546 g/mol. The number of aryl methyl sites for hydroxylation is 1. The molecule has 2 aliphatic heterocycles. The minimum absolute atomic E-state index is 0.0519. The number of rotatable bonds is 9. The molecule has 0 radical (unpaired) electrons. The highest BCUT2D eigenvalue weighted by molar-refractivity contribution is 6.02. The second-order valence-electron chi connectivity index (χ2n) is 10.4. The zero-order valence-corrected chi connectivity index (χ0v) is 23.6. The third kappa shape index (κ3) is 6.59. The molecule has 10 nitrogen and oxygen atoms in total. The Bertz CT molecular complexity index is 1420. The Morgan fingerprint density at radius 3 is 2.67 bits per heavy atom. The lowest BCUT2D eigenvalue weighted by atomic mass is 10.1. The second-order valence-corrected chi connectivity index (χ2v) is 10.4. The van der Waals surface area contributed by atoms with Gasteiger partial charge in [0.05, 0.1) is 25.5 Å². The van der Waals surface area contributed by atoms with Crippen LogP contribution in [0.25, 0.3) is 0 Å². The number of hydrogen-bond acceptors (Lipinski definition) is 8. The zero-order chi connectivity index (χ0) is 29.7. The molecule has 2 N–H and O–H groups in total. The molecule has 0 aliphatic carbocycles. The molecule has 1 fully saturated rings. The van der Waals surface area contributed by atoms with Gasteiger partial charge in [-0.3, -0.25) is 9.59 Å². The largest absolute Gasteiger partial charge is 0.495 e. The summed E-state index contributed by atoms with van der Waals surface area (Å²) in [6.07, 6.45) is 4.14. The van der Waals surface area contributed by atoms with Crippen molar-refractivity contribution in [2.45, 2.75) is 37.6 Å². The number of nitrogens with zero attached hydrogens (tertiary/aromatic N) is 4. The van der Waals surface area contributed by atoms with E-state index in [2.05, 4.69) is 20.6 Å². The second kappa shape index (κ2) is 12.7. The first-order chi connectivity index (χ1) is 20.2. The summed E-state index contributed by atoms with van der Waals surface area (Å²) in [4.78, 5) is 36.6. The van der Waals surface area contributed by atoms with Gasteiger partial charge in [0.2, 0.25) is 5.95 Å². The molecule has 2 amide bonds. The van der Waals surface area contributed by atoms with Crippen molar-refractivity contribution >= 4 is 35.0 Å². The summed E-state index contributed by atoms with van der Waals surface area (Å²) in [6.45, 7) is 0.692. The molecule has 0 spiro atoms. The molecule has 2 aliphatic rings. The molecule has 2 aromatic carbocycles. The predicted molar refractivity (Wildman–Crippen MR) is 155 cm³/mol. The van der Waals surface area contributed by atoms with Crippen molar-refractivity contribution < 1.29 is 27.8 Å². The first kappa shape index (κ1) is 29.2. The van der Waals surface area contributed by atoms with Crippen molar-refractivity contribution in [2.24, 2.45) is 0 Å². The van der Waals surface area contributed by atoms with Crippen molar-refractivity contribution in [1.82, 2.24) is 15.3 Å². The summed E-state index contributed by atoms with van der Waals surface area (Å²) >= 11 is 0. The Morgan fingerprint density at radius 2 is 1.93 bits per heavy atom. The Kier molecular flexibility index (Phi) is 8.81. The first-order valence-electron chi connectivity index (χ1n) is 13.9. The average molecular weight is 581 g/mol. The highest BCUT2D eigenvalue weighted by atomic mass is 19.3. The molecule has 0 bridgehead atoms. The summed E-state index contributed by atoms with van der Waals surface area (Å²) in [5.74, 6) is -4.39. The van der Waals surface area contributed by atoms with E-state index in [1.807, 2.05) is 30.3 Å². The number of fused-ring (bicyclic) bond motifs is 1. The summed E-state index contributed by atoms with van der Waals surface area (Å²) in [6, 6.07) is 14.8. The van der Waals surface area contributed by atoms with Crippen LogP contribution in [0, 0.1) is 0 Å². The van der Waals surface area contributed by atoms with E-state index in [0.29, 0.717) is 43.1 Å². The quantitative estimate of drug-likeness (QED) is 0.388. The smallest absolute Gasteiger partial charge is 0.342 e. The monoisotopic (exact) mass is 580 g/mol. The third-order valence-electron chi connectivity index (χ3n) is 7.42. The third-order valence-corrected chi connectivity index (χ3v) is 7.42. The van der Waals surface area contributed by atoms with Crippen LogP contribution in [0.2, 0.25) is 0 Å². The minimum Gasteiger partial charge on any atom is -0.495 e. The molecular formula is C30H34F2N6O4. The topological polar surface area (TPSA) is 109 Å². The zero-order valence-electron chi connectivity index (χ0n) is 23.6. The maximum Gasteiger partial charge on any atom is 0.342 e. The molecule has 0 unspecified atom stereocenters. The number of hydrogen-bond donors (Lipinski definition) is 2. The van der Waals surface area contributed by atoms with Gasteiger partial charge < -0.3 is 29.9 Å². The van der Waals surface area contributed by atoms with Gasteiger partial charge >= 0.3 is 5.92 Å². The molecule has 3 heterocycles. The van der Waals surface area contributed by atoms with Gasteiger partial charge in [0.1, 0.15) is 11.4 Å². The first-order valence-corrected chi connectivity index (χ1v) is 13.9. The van der Waals surface area contributed by atoms with Crippen LogP contribution >= 0.6 is 0 Å². The lowest BCUT2D eigenvalue weighted by Gasteiger charge is -2.25. The molecule has 3 aromatic rings. The number of nitrogens with one attached hydrogen (secondary N) is 2. The van der Waals surface area contributed by atoms with Crippen LogP contribution in [0.1, 0.15) is 35.2 Å². The van der Waals surface area contributed by atoms with Gasteiger partial charge in [0.25, 0.3) is 11.8 Å². The van der Waals surface area contributed by atoms with Crippen molar-refractivity contribution in [3.8, 4) is 5.75 Å². The number of methoxy groups -OCH3 is 1. The fourth-order valence-corrected chi connectivity index (χ4v) is 5.10. The summed E-state index contributed by atoms with van der Waals surface area (Å²) in [5, 5.41) is 6.10. The van der Waals surface area contributed by atoms with Crippen molar-refractivity contribution in [2.75, 3.05) is 55.6 Å². The normalized spacial score (nSPS) is 16.9. The van der Waals surface area contributed by atoms with Crippen LogP contribution < -0.4 is 25.2 Å². The molecule has 42 heavy (non-hydrogen) atoms. The molecule has 1 saturated heterocycles. The average Bonchev–Trinajstić information content (AvgIpc) is 3.07. The van der Waals surface area contributed by atoms with E-state index in [1.54, 1.807) is 18.2 Å². The number of alkyl halides is 2. The van der Waals surface area contributed by atoms with E-state index < -0.39 is 18.4 Å². The Morgan fingerprint density at radius 1 is 1.17 bits per heavy atom. The lowest BCUT2D eigenvalue weighted by molar-refractivity contribution is -0.140. The lowest BCUT2D eigenvalue weighted by Crippen LogP contribution is -2.46. The summed E-state index contributed by atoms with van der Waals surface area (Å²) in [7, 11) is 2.78. The maximum atomic E-state index is 14.9. The number of anilines is 4. The number of carbonyl (C=O) groups is 2. The molecule has 0 atom stereocenters. The highest BCUT2D eigenvalue weighted by Crippen LogP contribution is 2.36. The maximum absolute atomic E-state index is 14.9. The fourth-order valence-electron chi connectivity index (χ4n) is 5.10. The van der Waals surface area contributed by atoms with Crippen LogP contribution in [0.3, 0.4) is 0 Å². The minimum atomic E-state index is -3.60. The van der Waals surface area contributed by atoms with Crippen molar-refractivity contribution in [3.63, 3.8) is 0 Å². The Balaban J connectivity index is 1.37. The van der Waals surface area contributed by atoms with E-state index in [-0.39, 0.29) is 35.9 Å². The van der Waals surface area contributed by atoms with E-state index in [4.69, 9.17) is 9.47 Å². The molecule has 1 aromatic heterocycles. The number of benzene rings is 2. The van der Waals surface area contributed by atoms with E-state index in [9.17, 15) is 18.4 Å². The van der Waals surface area contributed by atoms with Crippen molar-refractivity contribution in [1.29, 1.82) is 0 Å². The predicted octanol–water partition coefficient (Wildman–Crippen LogP) is 4.19. The molecule has 222 valence electrons. The molecule has 5 rings (SSSR count). The van der Waals surface area contributed by atoms with Crippen LogP contribution in [0.4, 0.5) is 31.9 Å². The van der Waals surface area contributed by atoms with Gasteiger partial charge in [-0.2, -0.15) is 13.8 Å². The summed E-state index contributed by atoms with van der Waals surface area (Å²) < 4.78 is 40.7. The summed E-state index contributed by atoms with van der Waals surface area (Å²) in [5.41, 5.74) is 2.20. The number of amides is 2. The van der Waals surface area contributed by atoms with Gasteiger partial charge in [-0.25, -0.2) is 4.98 Å². The van der Waals surface area contributed by atoms with Gasteiger partial charge in [-0.1, -0.05) is 30.3 Å². The number of aromatic nitrogens is 2. The molecule has 12 heteroatoms. The highest BCUT2D eigenvalue weighted by Gasteiger charge is 2.47. The van der Waals surface area contributed by atoms with Crippen LogP contribution in [-0.4, -0.2) is 74.2 Å². The standard InChI is InChI=1S/C30H34F2N6O4/c1-37-24-18-33-29(35-23-11-10-21(17-25(23)41-2)27(39)34-22-12-15-42-16-13-22)36-26(24)38(19-30(31,32)28(37)40)14-6-9-20-7-4-3-5-8-20/h3-5,7-8,10-11,17-18,22H,6,9,12-16,19H2,1-2H3,(H,34,39)(H,33,35,36). The number of carbonyl (C=O) groups excluding carboxylic acids is 2. The Hall–Kier alpha value is -4.32. The van der Waals surface area contributed by atoms with Gasteiger partial charge in [-0.15, -0.1) is 0 Å². The van der Waals surface area contributed by atoms with Gasteiger partial charge in [0.15, 0.2) is 5.82 Å². The van der Waals surface area contributed by atoms with Gasteiger partial charge in [-0.05, 0) is 49.4 Å². The fraction of sp³-hybridized carbons (Fsp3) is 0.400. The van der Waals surface area contributed by atoms with Gasteiger partial charge in [0, 0.05) is 38.4 Å². The number of ether oxygens (including phenoxy) is 2. The van der Waals surface area contributed by atoms with Crippen LogP contribution in [0.15, 0.2) is 54.7 Å². The SMILES string of the molecule is COc1cc(C(=O)NC2CCOCC2)ccc1Nc1ncc2c(n1)N(CCCc1ccccc1)CC(F)(F)C(=O)N2C. The van der Waals surface area contributed by atoms with Crippen LogP contribution in [0.5, 0.6) is 5.75 Å². The molecule has 0 saturated carbocycles. The van der Waals surface area contributed by atoms with E-state index in [1.165, 1.54) is 25.3 Å². The van der Waals surface area contributed by atoms with E-state index in [0.717, 1.165) is 23.3 Å². The number of halogens is 2. The Labute approximate surface area is 243 Å². The van der Waals surface area contributed by atoms with Crippen LogP contribution in [-0.2, 0) is 16.0 Å². The van der Waals surface area contributed by atoms with Crippen molar-refractivity contribution in [3.05, 3.63) is 65.9 Å².